The summed E-state index contributed by atoms with van der Waals surface area (Å²) in [5.74, 6) is 0.885. The summed E-state index contributed by atoms with van der Waals surface area (Å²) < 4.78 is 0. The fourth-order valence-electron chi connectivity index (χ4n) is 2.86. The molecule has 0 saturated heterocycles. The number of hydrogen-bond donors (Lipinski definition) is 1. The van der Waals surface area contributed by atoms with Gasteiger partial charge < -0.3 is 4.98 Å². The number of aromatic nitrogens is 2. The van der Waals surface area contributed by atoms with Crippen molar-refractivity contribution < 1.29 is 0 Å². The van der Waals surface area contributed by atoms with Gasteiger partial charge in [0.25, 0.3) is 0 Å². The lowest BCUT2D eigenvalue weighted by atomic mass is 10.1. The van der Waals surface area contributed by atoms with Crippen LogP contribution in [0.15, 0.2) is 66.9 Å². The topological polar surface area (TPSA) is 28.7 Å². The minimum absolute atomic E-state index is 0.603. The molecule has 4 heteroatoms. The van der Waals surface area contributed by atoms with Gasteiger partial charge in [0.2, 0.25) is 0 Å². The van der Waals surface area contributed by atoms with Crippen LogP contribution >= 0.6 is 23.2 Å². The molecule has 0 bridgehead atoms. The van der Waals surface area contributed by atoms with Crippen LogP contribution in [0.5, 0.6) is 0 Å². The summed E-state index contributed by atoms with van der Waals surface area (Å²) in [4.78, 5) is 7.88. The fraction of sp³-hybridized carbons (Fsp3) is 0.0500. The summed E-state index contributed by atoms with van der Waals surface area (Å²) in [7, 11) is 0. The van der Waals surface area contributed by atoms with E-state index in [1.165, 1.54) is 16.3 Å². The van der Waals surface area contributed by atoms with Crippen LogP contribution in [0.3, 0.4) is 0 Å². The summed E-state index contributed by atoms with van der Waals surface area (Å²) >= 11 is 12.5. The number of hydrogen-bond acceptors (Lipinski definition) is 1. The van der Waals surface area contributed by atoms with E-state index in [4.69, 9.17) is 23.2 Å². The van der Waals surface area contributed by atoms with Crippen molar-refractivity contribution in [2.24, 2.45) is 0 Å². The molecule has 1 N–H and O–H groups in total. The number of halogens is 2. The Labute approximate surface area is 150 Å². The van der Waals surface area contributed by atoms with Crippen molar-refractivity contribution >= 4 is 34.0 Å². The van der Waals surface area contributed by atoms with E-state index in [2.05, 4.69) is 46.4 Å². The predicted octanol–water partition coefficient (Wildman–Crippen LogP) is 6.13. The molecule has 4 aromatic rings. The molecule has 1 heterocycles. The van der Waals surface area contributed by atoms with Crippen molar-refractivity contribution in [2.45, 2.75) is 6.42 Å². The number of imidazole rings is 1. The highest BCUT2D eigenvalue weighted by molar-refractivity contribution is 6.39. The molecule has 0 atom stereocenters. The summed E-state index contributed by atoms with van der Waals surface area (Å²) in [6, 6.07) is 20.3. The second-order valence-corrected chi connectivity index (χ2v) is 6.50. The second-order valence-electron chi connectivity index (χ2n) is 5.69. The molecule has 2 nitrogen and oxygen atoms in total. The van der Waals surface area contributed by atoms with Gasteiger partial charge >= 0.3 is 0 Å². The Hall–Kier alpha value is -2.29. The Morgan fingerprint density at radius 2 is 1.58 bits per heavy atom. The monoisotopic (exact) mass is 352 g/mol. The highest BCUT2D eigenvalue weighted by Crippen LogP contribution is 2.33. The Bertz CT molecular complexity index is 1000. The second kappa shape index (κ2) is 6.31. The lowest BCUT2D eigenvalue weighted by molar-refractivity contribution is 1.03. The van der Waals surface area contributed by atoms with E-state index < -0.39 is 0 Å². The normalized spacial score (nSPS) is 11.1. The molecule has 3 aromatic carbocycles. The van der Waals surface area contributed by atoms with Gasteiger partial charge in [0.1, 0.15) is 5.82 Å². The molecule has 0 saturated carbocycles. The Morgan fingerprint density at radius 1 is 0.833 bits per heavy atom. The van der Waals surface area contributed by atoms with Crippen LogP contribution in [-0.4, -0.2) is 9.97 Å². The van der Waals surface area contributed by atoms with Crippen molar-refractivity contribution in [3.8, 4) is 11.3 Å². The number of fused-ring (bicyclic) bond motifs is 1. The van der Waals surface area contributed by atoms with Crippen LogP contribution in [0.4, 0.5) is 0 Å². The summed E-state index contributed by atoms with van der Waals surface area (Å²) in [6.07, 6.45) is 2.58. The van der Waals surface area contributed by atoms with Gasteiger partial charge in [0.05, 0.1) is 15.7 Å². The molecule has 0 radical (unpaired) electrons. The van der Waals surface area contributed by atoms with Gasteiger partial charge in [0, 0.05) is 18.2 Å². The number of H-pyrrole nitrogens is 1. The van der Waals surface area contributed by atoms with Crippen LogP contribution in [0.1, 0.15) is 11.4 Å². The average molecular weight is 353 g/mol. The molecule has 0 fully saturated rings. The van der Waals surface area contributed by atoms with Gasteiger partial charge in [-0.3, -0.25) is 0 Å². The third-order valence-electron chi connectivity index (χ3n) is 4.04. The molecule has 0 unspecified atom stereocenters. The molecule has 0 amide bonds. The molecule has 24 heavy (non-hydrogen) atoms. The smallest absolute Gasteiger partial charge is 0.111 e. The number of nitrogens with zero attached hydrogens (tertiary/aromatic N) is 1. The van der Waals surface area contributed by atoms with Gasteiger partial charge in [-0.15, -0.1) is 0 Å². The summed E-state index contributed by atoms with van der Waals surface area (Å²) in [5.41, 5.74) is 2.74. The van der Waals surface area contributed by atoms with Crippen molar-refractivity contribution in [1.82, 2.24) is 9.97 Å². The van der Waals surface area contributed by atoms with Gasteiger partial charge in [0.15, 0.2) is 0 Å². The van der Waals surface area contributed by atoms with Crippen molar-refractivity contribution in [2.75, 3.05) is 0 Å². The molecule has 0 spiro atoms. The number of aromatic amines is 1. The highest BCUT2D eigenvalue weighted by atomic mass is 35.5. The molecule has 118 valence electrons. The van der Waals surface area contributed by atoms with E-state index in [0.717, 1.165) is 23.5 Å². The molecule has 4 rings (SSSR count). The Kier molecular flexibility index (Phi) is 4.01. The van der Waals surface area contributed by atoms with Crippen molar-refractivity contribution in [1.29, 1.82) is 0 Å². The molecular formula is C20H14Cl2N2. The summed E-state index contributed by atoms with van der Waals surface area (Å²) in [5, 5.41) is 3.68. The van der Waals surface area contributed by atoms with Gasteiger partial charge in [-0.25, -0.2) is 4.98 Å². The van der Waals surface area contributed by atoms with Gasteiger partial charge in [-0.05, 0) is 28.5 Å². The van der Waals surface area contributed by atoms with Crippen LogP contribution in [0.25, 0.3) is 22.0 Å². The standard InChI is InChI=1S/C20H14Cl2N2/c21-16-6-3-7-17(22)20(16)18-12-23-19(24-18)11-13-8-9-14-4-1-2-5-15(14)10-13/h1-10,12H,11H2,(H,23,24). The minimum Gasteiger partial charge on any atom is -0.348 e. The zero-order valence-corrected chi connectivity index (χ0v) is 14.3. The summed E-state index contributed by atoms with van der Waals surface area (Å²) in [6.45, 7) is 0. The predicted molar refractivity (Wildman–Crippen MR) is 101 cm³/mol. The van der Waals surface area contributed by atoms with Crippen LogP contribution in [0.2, 0.25) is 10.0 Å². The quantitative estimate of drug-likeness (QED) is 0.472. The van der Waals surface area contributed by atoms with E-state index >= 15 is 0 Å². The number of benzene rings is 3. The first-order valence-electron chi connectivity index (χ1n) is 7.67. The molecule has 0 aliphatic carbocycles. The van der Waals surface area contributed by atoms with Gasteiger partial charge in [-0.1, -0.05) is 71.7 Å². The highest BCUT2D eigenvalue weighted by Gasteiger charge is 2.12. The lowest BCUT2D eigenvalue weighted by Crippen LogP contribution is -1.91. The van der Waals surface area contributed by atoms with Crippen molar-refractivity contribution in [3.05, 3.63) is 88.3 Å². The van der Waals surface area contributed by atoms with Crippen LogP contribution in [0, 0.1) is 0 Å². The van der Waals surface area contributed by atoms with E-state index in [1.54, 1.807) is 0 Å². The molecule has 0 aliphatic rings. The lowest BCUT2D eigenvalue weighted by Gasteiger charge is -2.03. The maximum Gasteiger partial charge on any atom is 0.111 e. The van der Waals surface area contributed by atoms with Crippen LogP contribution < -0.4 is 0 Å². The number of rotatable bonds is 3. The Balaban J connectivity index is 1.65. The molecule has 1 aromatic heterocycles. The van der Waals surface area contributed by atoms with Crippen LogP contribution in [-0.2, 0) is 6.42 Å². The first-order chi connectivity index (χ1) is 11.7. The number of nitrogens with one attached hydrogen (secondary N) is 1. The van der Waals surface area contributed by atoms with E-state index in [-0.39, 0.29) is 0 Å². The minimum atomic E-state index is 0.603. The fourth-order valence-corrected chi connectivity index (χ4v) is 3.46. The molecular weight excluding hydrogens is 339 g/mol. The first kappa shape index (κ1) is 15.3. The third kappa shape index (κ3) is 2.91. The van der Waals surface area contributed by atoms with Crippen molar-refractivity contribution in [3.63, 3.8) is 0 Å². The van der Waals surface area contributed by atoms with E-state index in [9.17, 15) is 0 Å². The third-order valence-corrected chi connectivity index (χ3v) is 4.67. The maximum atomic E-state index is 6.26. The molecule has 0 aliphatic heterocycles. The largest absolute Gasteiger partial charge is 0.348 e. The van der Waals surface area contributed by atoms with E-state index in [0.29, 0.717) is 10.0 Å². The maximum absolute atomic E-state index is 6.26. The average Bonchev–Trinajstić information content (AvgIpc) is 3.03. The zero-order chi connectivity index (χ0) is 16.5. The SMILES string of the molecule is Clc1cccc(Cl)c1-c1c[nH]c(Cc2ccc3ccccc3c2)n1. The van der Waals surface area contributed by atoms with Gasteiger partial charge in [-0.2, -0.15) is 0 Å². The van der Waals surface area contributed by atoms with E-state index in [1.807, 2.05) is 30.5 Å². The first-order valence-corrected chi connectivity index (χ1v) is 8.42. The Morgan fingerprint density at radius 3 is 2.38 bits per heavy atom. The zero-order valence-electron chi connectivity index (χ0n) is 12.8.